The highest BCUT2D eigenvalue weighted by Gasteiger charge is 2.45. The number of thiazole rings is 1. The molecule has 454 valence electrons. The Balaban J connectivity index is 1.06. The van der Waals surface area contributed by atoms with Crippen LogP contribution < -0.4 is 48.1 Å². The average molecular weight is 1240 g/mol. The van der Waals surface area contributed by atoms with E-state index in [2.05, 4.69) is 46.9 Å². The molecule has 7 heterocycles. The van der Waals surface area contributed by atoms with E-state index in [1.165, 1.54) is 46.2 Å². The Hall–Kier alpha value is -8.61. The topological polar surface area (TPSA) is 359 Å². The number of hydrogen-bond donors (Lipinski definition) is 9. The van der Waals surface area contributed by atoms with Crippen molar-refractivity contribution < 1.29 is 60.7 Å². The van der Waals surface area contributed by atoms with Gasteiger partial charge in [0.15, 0.2) is 21.5 Å². The first-order valence-corrected chi connectivity index (χ1v) is 30.9. The summed E-state index contributed by atoms with van der Waals surface area (Å²) in [4.78, 5) is 141. The van der Waals surface area contributed by atoms with Crippen molar-refractivity contribution in [2.75, 3.05) is 42.3 Å². The van der Waals surface area contributed by atoms with E-state index in [9.17, 15) is 61.1 Å². The van der Waals surface area contributed by atoms with Crippen LogP contribution in [0.25, 0.3) is 32.5 Å². The predicted octanol–water partition coefficient (Wildman–Crippen LogP) is 1.23. The lowest BCUT2D eigenvalue weighted by molar-refractivity contribution is -0.144. The van der Waals surface area contributed by atoms with Crippen LogP contribution in [0, 0.1) is 24.0 Å². The fourth-order valence-corrected chi connectivity index (χ4v) is 13.0. The third-order valence-electron chi connectivity index (χ3n) is 14.8. The molecule has 3 aliphatic rings. The molecule has 6 aromatic rings. The Morgan fingerprint density at radius 1 is 0.919 bits per heavy atom. The van der Waals surface area contributed by atoms with Gasteiger partial charge in [-0.1, -0.05) is 45.0 Å². The van der Waals surface area contributed by atoms with E-state index in [0.717, 1.165) is 45.1 Å². The molecule has 0 aliphatic carbocycles. The molecule has 86 heavy (non-hydrogen) atoms. The van der Waals surface area contributed by atoms with Gasteiger partial charge in [-0.3, -0.25) is 43.2 Å². The largest absolute Gasteiger partial charge is 0.391 e. The Morgan fingerprint density at radius 3 is 2.31 bits per heavy atom. The van der Waals surface area contributed by atoms with Crippen LogP contribution in [-0.2, 0) is 62.7 Å². The number of carbonyl (C=O) groups excluding carboxylic acids is 8. The summed E-state index contributed by atoms with van der Waals surface area (Å²) in [5.74, 6) is -11.6. The molecule has 2 aromatic carbocycles. The number of amides is 8. The van der Waals surface area contributed by atoms with Crippen molar-refractivity contribution in [2.24, 2.45) is 18.2 Å². The van der Waals surface area contributed by atoms with Crippen molar-refractivity contribution in [3.63, 3.8) is 0 Å². The van der Waals surface area contributed by atoms with Crippen LogP contribution in [0.1, 0.15) is 66.0 Å². The van der Waals surface area contributed by atoms with Crippen molar-refractivity contribution in [3.05, 3.63) is 117 Å². The molecule has 8 amide bonds. The van der Waals surface area contributed by atoms with Crippen LogP contribution in [0.3, 0.4) is 0 Å². The Kier molecular flexibility index (Phi) is 17.8. The first kappa shape index (κ1) is 61.9. The molecular formula is C56H61F2N13O12S3. The molecule has 2 saturated heterocycles. The van der Waals surface area contributed by atoms with Gasteiger partial charge in [-0.2, -0.15) is 0 Å². The molecule has 4 aromatic heterocycles. The Labute approximate surface area is 498 Å². The third-order valence-corrected chi connectivity index (χ3v) is 17.6. The Bertz CT molecular complexity index is 3920. The number of anilines is 2. The summed E-state index contributed by atoms with van der Waals surface area (Å²) in [6.45, 7) is 4.74. The van der Waals surface area contributed by atoms with Gasteiger partial charge in [0.25, 0.3) is 11.5 Å². The zero-order valence-corrected chi connectivity index (χ0v) is 49.7. The quantitative estimate of drug-likeness (QED) is 0.0983. The fraction of sp³-hybridized carbons (Fsp3) is 0.375. The van der Waals surface area contributed by atoms with E-state index in [4.69, 9.17) is 5.73 Å². The monoisotopic (exact) mass is 1240 g/mol. The maximum Gasteiger partial charge on any atom is 0.274 e. The number of pyridine rings is 2. The lowest BCUT2D eigenvalue weighted by Crippen LogP contribution is -2.58. The van der Waals surface area contributed by atoms with E-state index < -0.39 is 141 Å². The second kappa shape index (κ2) is 24.8. The van der Waals surface area contributed by atoms with Gasteiger partial charge >= 0.3 is 0 Å². The first-order chi connectivity index (χ1) is 40.6. The van der Waals surface area contributed by atoms with Gasteiger partial charge in [-0.15, -0.1) is 23.1 Å². The van der Waals surface area contributed by atoms with Crippen LogP contribution >= 0.6 is 23.1 Å². The number of benzene rings is 2. The minimum atomic E-state index is -3.97. The second-order valence-corrected chi connectivity index (χ2v) is 26.3. The molecule has 10 N–H and O–H groups in total. The van der Waals surface area contributed by atoms with Crippen LogP contribution in [0.2, 0.25) is 0 Å². The average Bonchev–Trinajstić information content (AvgIpc) is 1.57. The molecule has 1 unspecified atom stereocenters. The number of sulfone groups is 1. The number of thioether (sulfide) groups is 1. The first-order valence-electron chi connectivity index (χ1n) is 26.8. The predicted molar refractivity (Wildman–Crippen MR) is 314 cm³/mol. The molecule has 0 bridgehead atoms. The number of carbonyl (C=O) groups is 8. The van der Waals surface area contributed by atoms with Gasteiger partial charge in [0, 0.05) is 79.1 Å². The minimum Gasteiger partial charge on any atom is -0.391 e. The number of aromatic amines is 1. The van der Waals surface area contributed by atoms with Gasteiger partial charge < -0.3 is 62.1 Å². The molecule has 9 rings (SSSR count). The third kappa shape index (κ3) is 13.4. The highest BCUT2D eigenvalue weighted by Crippen LogP contribution is 2.45. The van der Waals surface area contributed by atoms with Gasteiger partial charge in [0.2, 0.25) is 41.4 Å². The number of aliphatic hydroxyl groups is 1. The molecule has 2 fully saturated rings. The number of halogens is 2. The Morgan fingerprint density at radius 2 is 1.65 bits per heavy atom. The molecule has 3 aliphatic heterocycles. The van der Waals surface area contributed by atoms with Crippen LogP contribution in [0.4, 0.5) is 20.3 Å². The van der Waals surface area contributed by atoms with Crippen molar-refractivity contribution in [1.29, 1.82) is 0 Å². The number of H-pyrrole nitrogens is 1. The molecule has 25 nitrogen and oxygen atoms in total. The fourth-order valence-electron chi connectivity index (χ4n) is 10.5. The maximum absolute atomic E-state index is 15.0. The summed E-state index contributed by atoms with van der Waals surface area (Å²) >= 11 is 2.21. The summed E-state index contributed by atoms with van der Waals surface area (Å²) in [5, 5.41) is 26.6. The van der Waals surface area contributed by atoms with Crippen molar-refractivity contribution in [3.8, 4) is 21.6 Å². The normalized spacial score (nSPS) is 21.2. The number of hydrogen-bond acceptors (Lipinski definition) is 17. The minimum absolute atomic E-state index is 0.0918. The number of nitrogens with one attached hydrogen (secondary N) is 7. The highest BCUT2D eigenvalue weighted by molar-refractivity contribution is 8.00. The highest BCUT2D eigenvalue weighted by atomic mass is 32.2. The number of nitrogens with zero attached hydrogens (tertiary/aromatic N) is 5. The van der Waals surface area contributed by atoms with E-state index in [-0.39, 0.29) is 64.5 Å². The molecular weight excluding hydrogens is 1180 g/mol. The number of rotatable bonds is 9. The zero-order chi connectivity index (χ0) is 62.3. The molecule has 6 atom stereocenters. The summed E-state index contributed by atoms with van der Waals surface area (Å²) in [6.07, 6.45) is 3.22. The van der Waals surface area contributed by atoms with E-state index in [1.807, 2.05) is 6.92 Å². The molecule has 30 heteroatoms. The van der Waals surface area contributed by atoms with E-state index >= 15 is 4.39 Å². The summed E-state index contributed by atoms with van der Waals surface area (Å²) < 4.78 is 57.1. The summed E-state index contributed by atoms with van der Waals surface area (Å²) in [6, 6.07) is 2.52. The smallest absolute Gasteiger partial charge is 0.274 e. The standard InChI is InChI=1S/C56H61F2N13O12S3/c1-26-47(85-25-64-26)28-9-7-27(8-10-28)45-53(79)63-18-42(73)65-37(51(77)66-38(49(59)75)22-84-23-43(74)67-48(56(2,3)4)55(81)71-20-31(72)12-40(71)52(78)68-45)17-62-50(76)32-13-39-33(11-29(32)24-86(6,82)83)34-21-69(5)54(80)46-44(34)30(15-61-46)19-70(39)41-14-35(57)36(58)16-60-41/h7-11,13-16,21,25,31,37-38,40,45,48,61,72H,12,17-20,22-24H2,1-6H3,(H2,59,75)(H,62,76)(H,63,79)(H,65,73)(H,66,77)(H,67,74)(H,68,78)/t31-,37-,38-,40+,45-,48?/m1/s1. The van der Waals surface area contributed by atoms with Crippen LogP contribution in [0.5, 0.6) is 0 Å². The summed E-state index contributed by atoms with van der Waals surface area (Å²) in [7, 11) is -2.48. The van der Waals surface area contributed by atoms with Gasteiger partial charge in [0.1, 0.15) is 41.5 Å². The number of aromatic nitrogens is 4. The second-order valence-electron chi connectivity index (χ2n) is 22.3. The van der Waals surface area contributed by atoms with Gasteiger partial charge in [0.05, 0.1) is 58.7 Å². The van der Waals surface area contributed by atoms with E-state index in [0.29, 0.717) is 22.7 Å². The molecule has 0 saturated carbocycles. The zero-order valence-electron chi connectivity index (χ0n) is 47.2. The van der Waals surface area contributed by atoms with Gasteiger partial charge in [-0.25, -0.2) is 27.2 Å². The van der Waals surface area contributed by atoms with Crippen LogP contribution in [0.15, 0.2) is 71.4 Å². The van der Waals surface area contributed by atoms with Crippen molar-refractivity contribution in [1.82, 2.24) is 56.3 Å². The molecule has 0 radical (unpaired) electrons. The number of fused-ring (bicyclic) bond motifs is 3. The lowest BCUT2D eigenvalue weighted by Gasteiger charge is -2.35. The SMILES string of the molecule is Cc1ncsc1-c1ccc([C@H]2NC(=O)[C@@H]3C[C@@H](O)CN3C(=O)C(C(C)(C)C)NC(=O)CSC[C@H](C(N)=O)NC(=O)[C@@H](CNC(=O)c3cc4c(cc3CS(C)(=O)=O)-c3cn(C)c(=O)c5[nH]cc(c35)CN4c3cc(F)c(F)cn3)NC(=O)CNC2=O)cc1. The summed E-state index contributed by atoms with van der Waals surface area (Å²) in [5.41, 5.74) is 8.77. The lowest BCUT2D eigenvalue weighted by atomic mass is 9.85. The van der Waals surface area contributed by atoms with Crippen molar-refractivity contribution >= 4 is 103 Å². The van der Waals surface area contributed by atoms with E-state index in [1.54, 1.807) is 56.7 Å². The number of aryl methyl sites for hydroxylation is 2. The number of primary amides is 1. The number of nitrogens with two attached hydrogens (primary N) is 1. The van der Waals surface area contributed by atoms with Crippen molar-refractivity contribution in [2.45, 2.75) is 82.7 Å². The number of aliphatic hydroxyl groups excluding tert-OH is 1. The molecule has 0 spiro atoms. The maximum atomic E-state index is 15.0. The van der Waals surface area contributed by atoms with Gasteiger partial charge in [-0.05, 0) is 46.7 Å². The van der Waals surface area contributed by atoms with Crippen LogP contribution in [-0.4, -0.2) is 153 Å².